The minimum absolute atomic E-state index is 0.112. The van der Waals surface area contributed by atoms with Gasteiger partial charge in [0, 0.05) is 31.7 Å². The smallest absolute Gasteiger partial charge is 0.276 e. The van der Waals surface area contributed by atoms with E-state index < -0.39 is 0 Å². The van der Waals surface area contributed by atoms with Gasteiger partial charge in [-0.2, -0.15) is 0 Å². The summed E-state index contributed by atoms with van der Waals surface area (Å²) < 4.78 is 1.63. The van der Waals surface area contributed by atoms with Crippen LogP contribution < -0.4 is 5.32 Å². The number of amides is 2. The summed E-state index contributed by atoms with van der Waals surface area (Å²) in [6, 6.07) is 13.5. The molecule has 3 heterocycles. The standard InChI is InChI=1S/C21H24N6O2/c1-2-27-14-19(24-25-27)21(29)26-12-16(11-15-7-4-3-5-8-15)18(13-26)23-20(28)17-9-6-10-22-17/h3-10,14,16,18,22H,2,11-13H2,1H3,(H,23,28)/t16-,18+/m1/s1. The summed E-state index contributed by atoms with van der Waals surface area (Å²) in [5.41, 5.74) is 2.03. The number of hydrogen-bond donors (Lipinski definition) is 2. The van der Waals surface area contributed by atoms with E-state index in [9.17, 15) is 9.59 Å². The van der Waals surface area contributed by atoms with Crippen LogP contribution in [0.3, 0.4) is 0 Å². The molecule has 8 nitrogen and oxygen atoms in total. The van der Waals surface area contributed by atoms with Crippen molar-refractivity contribution < 1.29 is 9.59 Å². The average Bonchev–Trinajstić information content (AvgIpc) is 3.50. The Hall–Kier alpha value is -3.42. The van der Waals surface area contributed by atoms with Crippen molar-refractivity contribution in [3.05, 3.63) is 71.8 Å². The number of aryl methyl sites for hydroxylation is 1. The van der Waals surface area contributed by atoms with E-state index in [4.69, 9.17) is 0 Å². The zero-order chi connectivity index (χ0) is 20.2. The molecule has 1 aliphatic rings. The zero-order valence-electron chi connectivity index (χ0n) is 16.3. The highest BCUT2D eigenvalue weighted by Crippen LogP contribution is 2.23. The summed E-state index contributed by atoms with van der Waals surface area (Å²) in [5.74, 6) is -0.204. The fraction of sp³-hybridized carbons (Fsp3) is 0.333. The van der Waals surface area contributed by atoms with Gasteiger partial charge in [0.2, 0.25) is 0 Å². The van der Waals surface area contributed by atoms with Crippen LogP contribution >= 0.6 is 0 Å². The van der Waals surface area contributed by atoms with Crippen LogP contribution in [0.25, 0.3) is 0 Å². The Bertz CT molecular complexity index is 966. The van der Waals surface area contributed by atoms with E-state index in [2.05, 4.69) is 32.7 Å². The third kappa shape index (κ3) is 4.21. The second kappa shape index (κ2) is 8.30. The molecule has 29 heavy (non-hydrogen) atoms. The predicted octanol–water partition coefficient (Wildman–Crippen LogP) is 1.74. The number of nitrogens with zero attached hydrogens (tertiary/aromatic N) is 4. The van der Waals surface area contributed by atoms with Crippen molar-refractivity contribution in [3.63, 3.8) is 0 Å². The van der Waals surface area contributed by atoms with Gasteiger partial charge in [0.05, 0.1) is 12.2 Å². The van der Waals surface area contributed by atoms with Crippen molar-refractivity contribution in [2.45, 2.75) is 25.9 Å². The van der Waals surface area contributed by atoms with E-state index >= 15 is 0 Å². The van der Waals surface area contributed by atoms with Crippen molar-refractivity contribution in [3.8, 4) is 0 Å². The number of carbonyl (C=O) groups excluding carboxylic acids is 2. The Kier molecular flexibility index (Phi) is 5.41. The number of hydrogen-bond acceptors (Lipinski definition) is 4. The Balaban J connectivity index is 1.51. The van der Waals surface area contributed by atoms with Crippen LogP contribution in [0.5, 0.6) is 0 Å². The summed E-state index contributed by atoms with van der Waals surface area (Å²) in [4.78, 5) is 30.2. The van der Waals surface area contributed by atoms with Gasteiger partial charge in [0.1, 0.15) is 5.69 Å². The quantitative estimate of drug-likeness (QED) is 0.668. The Morgan fingerprint density at radius 1 is 1.17 bits per heavy atom. The van der Waals surface area contributed by atoms with Crippen LogP contribution in [-0.4, -0.2) is 55.8 Å². The lowest BCUT2D eigenvalue weighted by molar-refractivity contribution is 0.0775. The van der Waals surface area contributed by atoms with Gasteiger partial charge in [-0.25, -0.2) is 0 Å². The molecule has 2 aromatic heterocycles. The molecule has 0 spiro atoms. The molecular formula is C21H24N6O2. The van der Waals surface area contributed by atoms with Crippen LogP contribution in [-0.2, 0) is 13.0 Å². The molecule has 1 aromatic carbocycles. The normalized spacial score (nSPS) is 18.7. The fourth-order valence-electron chi connectivity index (χ4n) is 3.75. The number of benzene rings is 1. The zero-order valence-corrected chi connectivity index (χ0v) is 16.3. The van der Waals surface area contributed by atoms with E-state index in [-0.39, 0.29) is 23.8 Å². The maximum Gasteiger partial charge on any atom is 0.276 e. The molecule has 1 fully saturated rings. The van der Waals surface area contributed by atoms with Gasteiger partial charge in [-0.15, -0.1) is 5.10 Å². The largest absolute Gasteiger partial charge is 0.357 e. The molecule has 1 aliphatic heterocycles. The van der Waals surface area contributed by atoms with Crippen molar-refractivity contribution in [1.82, 2.24) is 30.2 Å². The SMILES string of the molecule is CCn1cc(C(=O)N2C[C@@H](Cc3ccccc3)[C@@H](NC(=O)c3ccc[nH]3)C2)nn1. The first-order valence-electron chi connectivity index (χ1n) is 9.81. The van der Waals surface area contributed by atoms with E-state index in [0.29, 0.717) is 31.0 Å². The molecule has 0 bridgehead atoms. The molecule has 0 saturated carbocycles. The molecule has 0 aliphatic carbocycles. The van der Waals surface area contributed by atoms with Crippen molar-refractivity contribution in [2.75, 3.05) is 13.1 Å². The molecule has 0 unspecified atom stereocenters. The number of aromatic nitrogens is 4. The van der Waals surface area contributed by atoms with Gasteiger partial charge in [0.25, 0.3) is 11.8 Å². The van der Waals surface area contributed by atoms with Crippen molar-refractivity contribution in [2.24, 2.45) is 5.92 Å². The fourth-order valence-corrected chi connectivity index (χ4v) is 3.75. The van der Waals surface area contributed by atoms with Crippen molar-refractivity contribution in [1.29, 1.82) is 0 Å². The van der Waals surface area contributed by atoms with Crippen molar-refractivity contribution >= 4 is 11.8 Å². The summed E-state index contributed by atoms with van der Waals surface area (Å²) in [6.07, 6.45) is 4.17. The molecule has 1 saturated heterocycles. The molecule has 4 rings (SSSR count). The van der Waals surface area contributed by atoms with E-state index in [1.54, 1.807) is 34.1 Å². The minimum atomic E-state index is -0.163. The lowest BCUT2D eigenvalue weighted by Crippen LogP contribution is -2.41. The van der Waals surface area contributed by atoms with Crippen LogP contribution in [0.15, 0.2) is 54.9 Å². The molecular weight excluding hydrogens is 368 g/mol. The van der Waals surface area contributed by atoms with Gasteiger partial charge in [-0.05, 0) is 31.0 Å². The monoisotopic (exact) mass is 392 g/mol. The Labute approximate surface area is 168 Å². The van der Waals surface area contributed by atoms with E-state index in [1.807, 2.05) is 25.1 Å². The minimum Gasteiger partial charge on any atom is -0.357 e. The molecule has 8 heteroatoms. The number of likely N-dealkylation sites (tertiary alicyclic amines) is 1. The number of aromatic amines is 1. The maximum absolute atomic E-state index is 12.9. The van der Waals surface area contributed by atoms with Gasteiger partial charge in [-0.3, -0.25) is 14.3 Å². The first kappa shape index (κ1) is 18.9. The average molecular weight is 392 g/mol. The summed E-state index contributed by atoms with van der Waals surface area (Å²) in [5, 5.41) is 11.1. The summed E-state index contributed by atoms with van der Waals surface area (Å²) in [6.45, 7) is 3.61. The van der Waals surface area contributed by atoms with E-state index in [0.717, 1.165) is 6.42 Å². The summed E-state index contributed by atoms with van der Waals surface area (Å²) >= 11 is 0. The lowest BCUT2D eigenvalue weighted by atomic mass is 9.95. The number of nitrogens with one attached hydrogen (secondary N) is 2. The summed E-state index contributed by atoms with van der Waals surface area (Å²) in [7, 11) is 0. The first-order valence-corrected chi connectivity index (χ1v) is 9.81. The second-order valence-electron chi connectivity index (χ2n) is 7.28. The number of H-pyrrole nitrogens is 1. The molecule has 2 N–H and O–H groups in total. The number of rotatable bonds is 6. The topological polar surface area (TPSA) is 95.9 Å². The Morgan fingerprint density at radius 3 is 2.69 bits per heavy atom. The molecule has 2 amide bonds. The lowest BCUT2D eigenvalue weighted by Gasteiger charge is -2.19. The maximum atomic E-state index is 12.9. The molecule has 0 radical (unpaired) electrons. The molecule has 150 valence electrons. The van der Waals surface area contributed by atoms with Crippen LogP contribution in [0.4, 0.5) is 0 Å². The van der Waals surface area contributed by atoms with Crippen LogP contribution in [0.2, 0.25) is 0 Å². The van der Waals surface area contributed by atoms with Gasteiger partial charge < -0.3 is 15.2 Å². The Morgan fingerprint density at radius 2 is 2.00 bits per heavy atom. The third-order valence-electron chi connectivity index (χ3n) is 5.31. The van der Waals surface area contributed by atoms with Crippen LogP contribution in [0, 0.1) is 5.92 Å². The second-order valence-corrected chi connectivity index (χ2v) is 7.28. The number of carbonyl (C=O) groups is 2. The van der Waals surface area contributed by atoms with Gasteiger partial charge in [0.15, 0.2) is 5.69 Å². The highest BCUT2D eigenvalue weighted by atomic mass is 16.2. The highest BCUT2D eigenvalue weighted by molar-refractivity contribution is 5.93. The highest BCUT2D eigenvalue weighted by Gasteiger charge is 2.37. The van der Waals surface area contributed by atoms with E-state index in [1.165, 1.54) is 5.56 Å². The third-order valence-corrected chi connectivity index (χ3v) is 5.31. The van der Waals surface area contributed by atoms with Gasteiger partial charge in [-0.1, -0.05) is 35.5 Å². The molecule has 2 atom stereocenters. The predicted molar refractivity (Wildman–Crippen MR) is 107 cm³/mol. The van der Waals surface area contributed by atoms with Gasteiger partial charge >= 0.3 is 0 Å². The van der Waals surface area contributed by atoms with Crippen LogP contribution in [0.1, 0.15) is 33.5 Å². The molecule has 3 aromatic rings. The first-order chi connectivity index (χ1) is 14.1.